The number of hydrogen-bond donors (Lipinski definition) is 1. The maximum absolute atomic E-state index is 14.5. The predicted octanol–water partition coefficient (Wildman–Crippen LogP) is 6.07. The van der Waals surface area contributed by atoms with Crippen LogP contribution in [0, 0.1) is 18.6 Å². The number of ether oxygens (including phenoxy) is 1. The minimum absolute atomic E-state index is 0.0825. The molecule has 0 aliphatic carbocycles. The Labute approximate surface area is 210 Å². The Balaban J connectivity index is 1.64. The molecule has 0 radical (unpaired) electrons. The SMILES string of the molecule is CCCN(Cc1c(C)nn(-c2ccccc2)c1Oc1ccc(F)cc1F)C[C@H](O)Cc1ccccc1. The molecule has 0 bridgehead atoms. The second-order valence-corrected chi connectivity index (χ2v) is 8.87. The molecule has 5 nitrogen and oxygen atoms in total. The number of aryl methyl sites for hydroxylation is 1. The molecule has 3 aromatic carbocycles. The van der Waals surface area contributed by atoms with Crippen LogP contribution in [0.25, 0.3) is 5.69 Å². The zero-order valence-electron chi connectivity index (χ0n) is 20.6. The minimum atomic E-state index is -0.789. The first kappa shape index (κ1) is 25.5. The summed E-state index contributed by atoms with van der Waals surface area (Å²) in [5.41, 5.74) is 3.35. The fourth-order valence-electron chi connectivity index (χ4n) is 4.26. The van der Waals surface area contributed by atoms with Crippen molar-refractivity contribution in [2.45, 2.75) is 39.3 Å². The van der Waals surface area contributed by atoms with E-state index in [0.717, 1.165) is 47.6 Å². The number of rotatable bonds is 11. The lowest BCUT2D eigenvalue weighted by atomic mass is 10.1. The van der Waals surface area contributed by atoms with E-state index in [4.69, 9.17) is 9.84 Å². The van der Waals surface area contributed by atoms with Gasteiger partial charge in [0, 0.05) is 19.2 Å². The molecule has 36 heavy (non-hydrogen) atoms. The van der Waals surface area contributed by atoms with Gasteiger partial charge in [0.05, 0.1) is 23.0 Å². The third-order valence-corrected chi connectivity index (χ3v) is 5.94. The van der Waals surface area contributed by atoms with E-state index in [9.17, 15) is 13.9 Å². The van der Waals surface area contributed by atoms with E-state index in [1.807, 2.05) is 67.6 Å². The summed E-state index contributed by atoms with van der Waals surface area (Å²) in [5, 5.41) is 15.5. The summed E-state index contributed by atoms with van der Waals surface area (Å²) in [6.45, 7) is 5.64. The number of nitrogens with zero attached hydrogens (tertiary/aromatic N) is 3. The van der Waals surface area contributed by atoms with Gasteiger partial charge in [-0.3, -0.25) is 4.90 Å². The van der Waals surface area contributed by atoms with Gasteiger partial charge in [-0.15, -0.1) is 0 Å². The van der Waals surface area contributed by atoms with Gasteiger partial charge < -0.3 is 9.84 Å². The van der Waals surface area contributed by atoms with Crippen LogP contribution in [0.15, 0.2) is 78.9 Å². The highest BCUT2D eigenvalue weighted by molar-refractivity contribution is 5.43. The smallest absolute Gasteiger partial charge is 0.227 e. The fourth-order valence-corrected chi connectivity index (χ4v) is 4.26. The molecule has 0 unspecified atom stereocenters. The zero-order valence-corrected chi connectivity index (χ0v) is 20.6. The largest absolute Gasteiger partial charge is 0.435 e. The van der Waals surface area contributed by atoms with Gasteiger partial charge in [-0.2, -0.15) is 5.10 Å². The molecule has 0 aliphatic rings. The highest BCUT2D eigenvalue weighted by Crippen LogP contribution is 2.33. The Hall–Kier alpha value is -3.55. The Morgan fingerprint density at radius 1 is 1.00 bits per heavy atom. The normalized spacial score (nSPS) is 12.2. The maximum atomic E-state index is 14.5. The molecule has 188 valence electrons. The summed E-state index contributed by atoms with van der Waals surface area (Å²) >= 11 is 0. The van der Waals surface area contributed by atoms with Crippen LogP contribution in [0.5, 0.6) is 11.6 Å². The third kappa shape index (κ3) is 6.36. The molecule has 1 heterocycles. The van der Waals surface area contributed by atoms with Gasteiger partial charge in [-0.05, 0) is 56.1 Å². The van der Waals surface area contributed by atoms with Crippen LogP contribution < -0.4 is 4.74 Å². The molecule has 0 aliphatic heterocycles. The summed E-state index contributed by atoms with van der Waals surface area (Å²) in [6.07, 6.45) is 0.891. The lowest BCUT2D eigenvalue weighted by molar-refractivity contribution is 0.108. The molecule has 7 heteroatoms. The van der Waals surface area contributed by atoms with Gasteiger partial charge in [0.15, 0.2) is 11.6 Å². The number of aliphatic hydroxyl groups excluding tert-OH is 1. The van der Waals surface area contributed by atoms with Crippen LogP contribution in [-0.2, 0) is 13.0 Å². The quantitative estimate of drug-likeness (QED) is 0.277. The van der Waals surface area contributed by atoms with Crippen molar-refractivity contribution in [1.82, 2.24) is 14.7 Å². The summed E-state index contributed by atoms with van der Waals surface area (Å²) in [4.78, 5) is 2.15. The van der Waals surface area contributed by atoms with Crippen LogP contribution in [0.3, 0.4) is 0 Å². The van der Waals surface area contributed by atoms with Crippen molar-refractivity contribution in [3.63, 3.8) is 0 Å². The summed E-state index contributed by atoms with van der Waals surface area (Å²) in [7, 11) is 0. The molecule has 1 aromatic heterocycles. The van der Waals surface area contributed by atoms with E-state index < -0.39 is 17.7 Å². The minimum Gasteiger partial charge on any atom is -0.435 e. The van der Waals surface area contributed by atoms with E-state index in [2.05, 4.69) is 11.8 Å². The van der Waals surface area contributed by atoms with Crippen molar-refractivity contribution in [3.8, 4) is 17.3 Å². The number of benzene rings is 3. The maximum Gasteiger partial charge on any atom is 0.227 e. The highest BCUT2D eigenvalue weighted by atomic mass is 19.1. The van der Waals surface area contributed by atoms with Crippen LogP contribution >= 0.6 is 0 Å². The molecule has 0 saturated heterocycles. The topological polar surface area (TPSA) is 50.5 Å². The zero-order chi connectivity index (χ0) is 25.5. The Kier molecular flexibility index (Phi) is 8.46. The molecule has 0 fully saturated rings. The molecule has 0 amide bonds. The van der Waals surface area contributed by atoms with Crippen molar-refractivity contribution in [1.29, 1.82) is 0 Å². The number of aliphatic hydroxyl groups is 1. The van der Waals surface area contributed by atoms with Crippen molar-refractivity contribution < 1.29 is 18.6 Å². The fraction of sp³-hybridized carbons (Fsp3) is 0.276. The highest BCUT2D eigenvalue weighted by Gasteiger charge is 2.23. The van der Waals surface area contributed by atoms with Crippen LogP contribution in [0.1, 0.15) is 30.2 Å². The van der Waals surface area contributed by atoms with Gasteiger partial charge in [-0.25, -0.2) is 13.5 Å². The van der Waals surface area contributed by atoms with Crippen molar-refractivity contribution >= 4 is 0 Å². The Morgan fingerprint density at radius 2 is 1.69 bits per heavy atom. The average Bonchev–Trinajstić information content (AvgIpc) is 3.17. The van der Waals surface area contributed by atoms with Crippen molar-refractivity contribution in [3.05, 3.63) is 107 Å². The standard InChI is InChI=1S/C29H31F2N3O2/c1-3-16-33(19-25(35)17-22-10-6-4-7-11-22)20-26-21(2)32-34(24-12-8-5-9-13-24)29(26)36-28-15-14-23(30)18-27(28)31/h4-15,18,25,35H,3,16-17,19-20H2,1-2H3/t25-/m1/s1. The predicted molar refractivity (Wildman–Crippen MR) is 136 cm³/mol. The second kappa shape index (κ2) is 11.9. The number of para-hydroxylation sites is 1. The third-order valence-electron chi connectivity index (χ3n) is 5.94. The van der Waals surface area contributed by atoms with Crippen LogP contribution in [0.4, 0.5) is 8.78 Å². The van der Waals surface area contributed by atoms with E-state index in [-0.39, 0.29) is 5.75 Å². The molecule has 1 atom stereocenters. The van der Waals surface area contributed by atoms with E-state index >= 15 is 0 Å². The van der Waals surface area contributed by atoms with E-state index in [0.29, 0.717) is 25.4 Å². The molecule has 0 saturated carbocycles. The van der Waals surface area contributed by atoms with Gasteiger partial charge in [-0.1, -0.05) is 55.5 Å². The van der Waals surface area contributed by atoms with Crippen molar-refractivity contribution in [2.24, 2.45) is 0 Å². The van der Waals surface area contributed by atoms with E-state index in [1.165, 1.54) is 6.07 Å². The summed E-state index contributed by atoms with van der Waals surface area (Å²) in [5.74, 6) is -1.18. The first-order valence-corrected chi connectivity index (χ1v) is 12.2. The van der Waals surface area contributed by atoms with Gasteiger partial charge in [0.2, 0.25) is 5.88 Å². The molecular weight excluding hydrogens is 460 g/mol. The second-order valence-electron chi connectivity index (χ2n) is 8.87. The molecular formula is C29H31F2N3O2. The van der Waals surface area contributed by atoms with Crippen LogP contribution in [-0.4, -0.2) is 39.0 Å². The molecule has 4 rings (SSSR count). The van der Waals surface area contributed by atoms with Gasteiger partial charge in [0.1, 0.15) is 5.82 Å². The number of hydrogen-bond acceptors (Lipinski definition) is 4. The number of halogens is 2. The van der Waals surface area contributed by atoms with Crippen LogP contribution in [0.2, 0.25) is 0 Å². The molecule has 1 N–H and O–H groups in total. The lowest BCUT2D eigenvalue weighted by Crippen LogP contribution is -2.34. The Morgan fingerprint density at radius 3 is 2.36 bits per heavy atom. The lowest BCUT2D eigenvalue weighted by Gasteiger charge is -2.25. The monoisotopic (exact) mass is 491 g/mol. The summed E-state index contributed by atoms with van der Waals surface area (Å²) in [6, 6.07) is 22.6. The summed E-state index contributed by atoms with van der Waals surface area (Å²) < 4.78 is 35.7. The molecule has 0 spiro atoms. The van der Waals surface area contributed by atoms with E-state index in [1.54, 1.807) is 4.68 Å². The average molecular weight is 492 g/mol. The first-order valence-electron chi connectivity index (χ1n) is 12.2. The number of aromatic nitrogens is 2. The Bertz CT molecular complexity index is 1260. The molecule has 4 aromatic rings. The van der Waals surface area contributed by atoms with Gasteiger partial charge in [0.25, 0.3) is 0 Å². The van der Waals surface area contributed by atoms with Gasteiger partial charge >= 0.3 is 0 Å². The first-order chi connectivity index (χ1) is 17.4. The van der Waals surface area contributed by atoms with Crippen molar-refractivity contribution in [2.75, 3.05) is 13.1 Å².